The Labute approximate surface area is 127 Å². The smallest absolute Gasteiger partial charge is 0.251 e. The van der Waals surface area contributed by atoms with Crippen LogP contribution in [0.4, 0.5) is 0 Å². The molecule has 1 atom stereocenters. The first kappa shape index (κ1) is 17.0. The maximum atomic E-state index is 12.2. The van der Waals surface area contributed by atoms with E-state index in [1.54, 1.807) is 6.07 Å². The van der Waals surface area contributed by atoms with Gasteiger partial charge in [-0.25, -0.2) is 4.98 Å². The van der Waals surface area contributed by atoms with Crippen LogP contribution in [0.3, 0.4) is 0 Å². The number of halogens is 1. The van der Waals surface area contributed by atoms with E-state index in [4.69, 9.17) is 11.6 Å². The van der Waals surface area contributed by atoms with E-state index in [1.165, 1.54) is 12.8 Å². The molecule has 4 heteroatoms. The summed E-state index contributed by atoms with van der Waals surface area (Å²) in [5.74, 6) is -0.0596. The molecule has 0 bridgehead atoms. The largest absolute Gasteiger partial charge is 0.350 e. The summed E-state index contributed by atoms with van der Waals surface area (Å²) in [5.41, 5.74) is 1.49. The van der Waals surface area contributed by atoms with Crippen molar-refractivity contribution in [2.24, 2.45) is 0 Å². The van der Waals surface area contributed by atoms with E-state index in [0.717, 1.165) is 31.4 Å². The van der Waals surface area contributed by atoms with Crippen molar-refractivity contribution in [1.29, 1.82) is 0 Å². The fourth-order valence-electron chi connectivity index (χ4n) is 2.15. The minimum atomic E-state index is -0.0596. The maximum Gasteiger partial charge on any atom is 0.251 e. The predicted octanol–water partition coefficient (Wildman–Crippen LogP) is 4.39. The molecule has 0 saturated carbocycles. The van der Waals surface area contributed by atoms with Crippen molar-refractivity contribution in [2.45, 2.75) is 65.3 Å². The molecule has 1 aromatic heterocycles. The molecule has 112 valence electrons. The minimum Gasteiger partial charge on any atom is -0.350 e. The highest BCUT2D eigenvalue weighted by Gasteiger charge is 2.12. The van der Waals surface area contributed by atoms with Crippen molar-refractivity contribution < 1.29 is 4.79 Å². The van der Waals surface area contributed by atoms with E-state index in [2.05, 4.69) is 24.1 Å². The fourth-order valence-corrected chi connectivity index (χ4v) is 2.37. The molecule has 3 nitrogen and oxygen atoms in total. The normalized spacial score (nSPS) is 12.2. The summed E-state index contributed by atoms with van der Waals surface area (Å²) in [6.07, 6.45) is 6.40. The Morgan fingerprint density at radius 1 is 1.30 bits per heavy atom. The molecule has 0 aliphatic rings. The average molecular weight is 297 g/mol. The zero-order valence-corrected chi connectivity index (χ0v) is 13.5. The Bertz CT molecular complexity index is 434. The van der Waals surface area contributed by atoms with Crippen LogP contribution in [-0.2, 0) is 6.42 Å². The van der Waals surface area contributed by atoms with Crippen LogP contribution >= 0.6 is 11.6 Å². The van der Waals surface area contributed by atoms with Gasteiger partial charge in [0.1, 0.15) is 5.15 Å². The number of aromatic nitrogens is 1. The van der Waals surface area contributed by atoms with Crippen molar-refractivity contribution in [1.82, 2.24) is 10.3 Å². The van der Waals surface area contributed by atoms with E-state index in [9.17, 15) is 4.79 Å². The number of hydrogen-bond donors (Lipinski definition) is 1. The molecule has 0 saturated heterocycles. The lowest BCUT2D eigenvalue weighted by molar-refractivity contribution is 0.0937. The number of nitrogens with zero attached hydrogens (tertiary/aromatic N) is 1. The van der Waals surface area contributed by atoms with Crippen LogP contribution in [0.2, 0.25) is 5.15 Å². The second kappa shape index (κ2) is 8.96. The second-order valence-corrected chi connectivity index (χ2v) is 5.68. The van der Waals surface area contributed by atoms with Crippen LogP contribution in [0.1, 0.15) is 68.9 Å². The van der Waals surface area contributed by atoms with Gasteiger partial charge in [-0.1, -0.05) is 51.1 Å². The summed E-state index contributed by atoms with van der Waals surface area (Å²) in [4.78, 5) is 16.4. The van der Waals surface area contributed by atoms with E-state index >= 15 is 0 Å². The van der Waals surface area contributed by atoms with Gasteiger partial charge in [-0.3, -0.25) is 4.79 Å². The molecule has 0 aromatic carbocycles. The highest BCUT2D eigenvalue weighted by molar-refractivity contribution is 6.29. The lowest BCUT2D eigenvalue weighted by Gasteiger charge is -2.14. The molecular formula is C16H25ClN2O. The number of rotatable bonds is 8. The van der Waals surface area contributed by atoms with Gasteiger partial charge in [0, 0.05) is 17.3 Å². The second-order valence-electron chi connectivity index (χ2n) is 5.29. The first-order chi connectivity index (χ1) is 9.56. The first-order valence-corrected chi connectivity index (χ1v) is 7.92. The molecule has 1 amide bonds. The SMILES string of the molecule is CCCCCC(C)NC(=O)c1cc(Cl)nc(CCC)c1. The highest BCUT2D eigenvalue weighted by atomic mass is 35.5. The van der Waals surface area contributed by atoms with E-state index < -0.39 is 0 Å². The molecule has 1 rings (SSSR count). The van der Waals surface area contributed by atoms with E-state index in [0.29, 0.717) is 10.7 Å². The van der Waals surface area contributed by atoms with Crippen molar-refractivity contribution in [3.05, 3.63) is 28.5 Å². The summed E-state index contributed by atoms with van der Waals surface area (Å²) >= 11 is 5.98. The van der Waals surface area contributed by atoms with Crippen LogP contribution in [0.5, 0.6) is 0 Å². The number of amides is 1. The van der Waals surface area contributed by atoms with Crippen LogP contribution in [-0.4, -0.2) is 16.9 Å². The Morgan fingerprint density at radius 3 is 2.70 bits per heavy atom. The maximum absolute atomic E-state index is 12.2. The zero-order valence-electron chi connectivity index (χ0n) is 12.7. The lowest BCUT2D eigenvalue weighted by Crippen LogP contribution is -2.32. The fraction of sp³-hybridized carbons (Fsp3) is 0.625. The van der Waals surface area contributed by atoms with Crippen molar-refractivity contribution in [3.8, 4) is 0 Å². The van der Waals surface area contributed by atoms with Gasteiger partial charge in [-0.2, -0.15) is 0 Å². The number of nitrogens with one attached hydrogen (secondary N) is 1. The molecule has 1 N–H and O–H groups in total. The molecule has 1 aromatic rings. The summed E-state index contributed by atoms with van der Waals surface area (Å²) in [6.45, 7) is 6.30. The average Bonchev–Trinajstić information content (AvgIpc) is 2.38. The molecule has 1 heterocycles. The highest BCUT2D eigenvalue weighted by Crippen LogP contribution is 2.13. The van der Waals surface area contributed by atoms with Crippen LogP contribution in [0.15, 0.2) is 12.1 Å². The Kier molecular flexibility index (Phi) is 7.60. The van der Waals surface area contributed by atoms with Gasteiger partial charge in [0.25, 0.3) is 5.91 Å². The minimum absolute atomic E-state index is 0.0596. The zero-order chi connectivity index (χ0) is 15.0. The van der Waals surface area contributed by atoms with Gasteiger partial charge in [0.2, 0.25) is 0 Å². The quantitative estimate of drug-likeness (QED) is 0.571. The van der Waals surface area contributed by atoms with Gasteiger partial charge < -0.3 is 5.32 Å². The van der Waals surface area contributed by atoms with Gasteiger partial charge in [-0.15, -0.1) is 0 Å². The summed E-state index contributed by atoms with van der Waals surface area (Å²) in [6, 6.07) is 3.66. The number of pyridine rings is 1. The third-order valence-electron chi connectivity index (χ3n) is 3.23. The Morgan fingerprint density at radius 2 is 2.05 bits per heavy atom. The first-order valence-electron chi connectivity index (χ1n) is 7.54. The number of carbonyl (C=O) groups is 1. The molecule has 0 fully saturated rings. The van der Waals surface area contributed by atoms with Gasteiger partial charge in [0.15, 0.2) is 0 Å². The van der Waals surface area contributed by atoms with E-state index in [-0.39, 0.29) is 11.9 Å². The molecular weight excluding hydrogens is 272 g/mol. The third-order valence-corrected chi connectivity index (χ3v) is 3.43. The summed E-state index contributed by atoms with van der Waals surface area (Å²) in [7, 11) is 0. The monoisotopic (exact) mass is 296 g/mol. The van der Waals surface area contributed by atoms with Gasteiger partial charge in [0.05, 0.1) is 0 Å². The molecule has 0 radical (unpaired) electrons. The topological polar surface area (TPSA) is 42.0 Å². The van der Waals surface area contributed by atoms with Crippen LogP contribution in [0.25, 0.3) is 0 Å². The third kappa shape index (κ3) is 5.91. The van der Waals surface area contributed by atoms with Gasteiger partial charge >= 0.3 is 0 Å². The predicted molar refractivity (Wildman–Crippen MR) is 84.3 cm³/mol. The molecule has 0 aliphatic heterocycles. The van der Waals surface area contributed by atoms with E-state index in [1.807, 2.05) is 13.0 Å². The van der Waals surface area contributed by atoms with Crippen molar-refractivity contribution in [3.63, 3.8) is 0 Å². The number of aryl methyl sites for hydroxylation is 1. The standard InChI is InChI=1S/C16H25ClN2O/c1-4-6-7-9-12(3)18-16(20)13-10-14(8-5-2)19-15(17)11-13/h10-12H,4-9H2,1-3H3,(H,18,20). The Hall–Kier alpha value is -1.09. The molecule has 0 aliphatic carbocycles. The van der Waals surface area contributed by atoms with Gasteiger partial charge in [-0.05, 0) is 31.9 Å². The summed E-state index contributed by atoms with van der Waals surface area (Å²) < 4.78 is 0. The number of carbonyl (C=O) groups excluding carboxylic acids is 1. The number of unbranched alkanes of at least 4 members (excludes halogenated alkanes) is 2. The van der Waals surface area contributed by atoms with Crippen LogP contribution in [0, 0.1) is 0 Å². The lowest BCUT2D eigenvalue weighted by atomic mass is 10.1. The summed E-state index contributed by atoms with van der Waals surface area (Å²) in [5, 5.41) is 3.41. The Balaban J connectivity index is 2.62. The molecule has 20 heavy (non-hydrogen) atoms. The van der Waals surface area contributed by atoms with Crippen molar-refractivity contribution in [2.75, 3.05) is 0 Å². The molecule has 1 unspecified atom stereocenters. The number of hydrogen-bond acceptors (Lipinski definition) is 2. The van der Waals surface area contributed by atoms with Crippen LogP contribution < -0.4 is 5.32 Å². The molecule has 0 spiro atoms. The van der Waals surface area contributed by atoms with Crippen molar-refractivity contribution >= 4 is 17.5 Å².